The van der Waals surface area contributed by atoms with Crippen LogP contribution in [0.1, 0.15) is 17.2 Å². The number of hydrogen-bond acceptors (Lipinski definition) is 8. The van der Waals surface area contributed by atoms with E-state index in [9.17, 15) is 14.7 Å². The number of aromatic nitrogens is 2. The molecule has 0 bridgehead atoms. The predicted molar refractivity (Wildman–Crippen MR) is 140 cm³/mol. The second kappa shape index (κ2) is 9.81. The molecule has 0 radical (unpaired) electrons. The first kappa shape index (κ1) is 24.7. The summed E-state index contributed by atoms with van der Waals surface area (Å²) in [5.41, 5.74) is 1.78. The summed E-state index contributed by atoms with van der Waals surface area (Å²) >= 11 is 0. The molecule has 2 heterocycles. The third-order valence-corrected chi connectivity index (χ3v) is 6.42. The lowest BCUT2D eigenvalue weighted by molar-refractivity contribution is -0.132. The summed E-state index contributed by atoms with van der Waals surface area (Å²) in [6, 6.07) is 15.9. The molecule has 0 aliphatic carbocycles. The van der Waals surface area contributed by atoms with E-state index >= 15 is 0 Å². The zero-order valence-corrected chi connectivity index (χ0v) is 21.1. The molecule has 194 valence electrons. The van der Waals surface area contributed by atoms with Gasteiger partial charge in [-0.2, -0.15) is 0 Å². The van der Waals surface area contributed by atoms with Crippen molar-refractivity contribution in [2.45, 2.75) is 6.04 Å². The van der Waals surface area contributed by atoms with Crippen LogP contribution in [0.2, 0.25) is 0 Å². The summed E-state index contributed by atoms with van der Waals surface area (Å²) < 4.78 is 21.4. The van der Waals surface area contributed by atoms with Crippen LogP contribution in [-0.2, 0) is 9.59 Å². The Labute approximate surface area is 218 Å². The number of Topliss-reactive ketones (excluding diaryl/α,β-unsaturated/α-hetero) is 1. The summed E-state index contributed by atoms with van der Waals surface area (Å²) in [6.07, 6.45) is 0. The number of hydrogen-bond donors (Lipinski definition) is 2. The summed E-state index contributed by atoms with van der Waals surface area (Å²) in [5, 5.41) is 11.5. The first-order valence-electron chi connectivity index (χ1n) is 11.6. The van der Waals surface area contributed by atoms with Gasteiger partial charge in [0, 0.05) is 6.07 Å². The highest BCUT2D eigenvalue weighted by atomic mass is 16.5. The molecule has 1 unspecified atom stereocenters. The standard InChI is InChI=1S/C28H25N3O7/c1-35-16-7-5-6-15(12-16)24-23(25(32)19-13-17(36-2)9-11-22(19)38-4)26(33)27(34)31(24)28-29-20-10-8-18(37-3)14-21(20)30-28/h5-14,24,32H,1-4H3,(H,29,30)/b25-23+. The van der Waals surface area contributed by atoms with Gasteiger partial charge in [-0.05, 0) is 48.0 Å². The number of nitrogens with one attached hydrogen (secondary N) is 1. The Balaban J connectivity index is 1.76. The fourth-order valence-electron chi connectivity index (χ4n) is 4.54. The molecule has 1 aromatic heterocycles. The molecule has 1 aliphatic heterocycles. The zero-order chi connectivity index (χ0) is 27.0. The molecule has 38 heavy (non-hydrogen) atoms. The average molecular weight is 516 g/mol. The Bertz CT molecular complexity index is 1590. The molecule has 2 N–H and O–H groups in total. The Morgan fingerprint density at radius 3 is 2.26 bits per heavy atom. The van der Waals surface area contributed by atoms with Gasteiger partial charge in [-0.25, -0.2) is 4.98 Å². The number of methoxy groups -OCH3 is 4. The lowest BCUT2D eigenvalue weighted by Gasteiger charge is -2.23. The van der Waals surface area contributed by atoms with Gasteiger partial charge in [0.15, 0.2) is 0 Å². The molecule has 0 saturated carbocycles. The van der Waals surface area contributed by atoms with E-state index in [1.54, 1.807) is 61.7 Å². The number of anilines is 1. The summed E-state index contributed by atoms with van der Waals surface area (Å²) in [7, 11) is 5.99. The molecule has 1 fully saturated rings. The third kappa shape index (κ3) is 4.05. The van der Waals surface area contributed by atoms with Crippen molar-refractivity contribution in [1.82, 2.24) is 9.97 Å². The molecule has 10 heteroatoms. The van der Waals surface area contributed by atoms with Crippen LogP contribution in [0.15, 0.2) is 66.2 Å². The molecule has 4 aromatic rings. The number of aromatic amines is 1. The van der Waals surface area contributed by atoms with Gasteiger partial charge in [0.25, 0.3) is 5.78 Å². The Morgan fingerprint density at radius 2 is 1.55 bits per heavy atom. The highest BCUT2D eigenvalue weighted by Gasteiger charge is 2.48. The number of fused-ring (bicyclic) bond motifs is 1. The lowest BCUT2D eigenvalue weighted by Crippen LogP contribution is -2.30. The number of ether oxygens (including phenoxy) is 4. The quantitative estimate of drug-likeness (QED) is 0.213. The van der Waals surface area contributed by atoms with Crippen molar-refractivity contribution >= 4 is 34.4 Å². The van der Waals surface area contributed by atoms with Gasteiger partial charge < -0.3 is 29.0 Å². The first-order valence-corrected chi connectivity index (χ1v) is 11.6. The summed E-state index contributed by atoms with van der Waals surface area (Å²) in [4.78, 5) is 36.0. The number of benzene rings is 3. The normalized spacial score (nSPS) is 16.6. The van der Waals surface area contributed by atoms with E-state index in [1.807, 2.05) is 0 Å². The molecule has 10 nitrogen and oxygen atoms in total. The van der Waals surface area contributed by atoms with Crippen molar-refractivity contribution in [1.29, 1.82) is 0 Å². The first-order chi connectivity index (χ1) is 18.4. The van der Waals surface area contributed by atoms with Crippen LogP contribution in [0.4, 0.5) is 5.95 Å². The maximum Gasteiger partial charge on any atom is 0.302 e. The minimum atomic E-state index is -1.02. The lowest BCUT2D eigenvalue weighted by atomic mass is 9.95. The van der Waals surface area contributed by atoms with Gasteiger partial charge in [-0.3, -0.25) is 14.5 Å². The van der Waals surface area contributed by atoms with Crippen LogP contribution >= 0.6 is 0 Å². The van der Waals surface area contributed by atoms with Gasteiger partial charge >= 0.3 is 5.91 Å². The van der Waals surface area contributed by atoms with Gasteiger partial charge in [0.05, 0.1) is 56.7 Å². The topological polar surface area (TPSA) is 123 Å². The second-order valence-corrected chi connectivity index (χ2v) is 8.46. The molecule has 1 amide bonds. The average Bonchev–Trinajstić information content (AvgIpc) is 3.49. The highest BCUT2D eigenvalue weighted by molar-refractivity contribution is 6.51. The number of aliphatic hydroxyl groups is 1. The van der Waals surface area contributed by atoms with Gasteiger partial charge in [-0.15, -0.1) is 0 Å². The van der Waals surface area contributed by atoms with E-state index in [4.69, 9.17) is 18.9 Å². The fraction of sp³-hybridized carbons (Fsp3) is 0.179. The Hall–Kier alpha value is -4.99. The Morgan fingerprint density at radius 1 is 0.868 bits per heavy atom. The summed E-state index contributed by atoms with van der Waals surface area (Å²) in [6.45, 7) is 0. The van der Waals surface area contributed by atoms with Crippen LogP contribution in [0.25, 0.3) is 16.8 Å². The number of amides is 1. The van der Waals surface area contributed by atoms with Crippen molar-refractivity contribution in [3.63, 3.8) is 0 Å². The molecule has 3 aromatic carbocycles. The number of ketones is 1. The maximum absolute atomic E-state index is 13.5. The minimum absolute atomic E-state index is 0.132. The fourth-order valence-corrected chi connectivity index (χ4v) is 4.54. The number of aliphatic hydroxyl groups excluding tert-OH is 1. The van der Waals surface area contributed by atoms with E-state index in [1.165, 1.54) is 32.3 Å². The molecule has 1 saturated heterocycles. The van der Waals surface area contributed by atoms with Crippen LogP contribution < -0.4 is 23.8 Å². The zero-order valence-electron chi connectivity index (χ0n) is 21.1. The molecule has 1 atom stereocenters. The van der Waals surface area contributed by atoms with Crippen molar-refractivity contribution < 1.29 is 33.6 Å². The third-order valence-electron chi connectivity index (χ3n) is 6.42. The predicted octanol–water partition coefficient (Wildman–Crippen LogP) is 4.22. The van der Waals surface area contributed by atoms with Crippen LogP contribution in [0.3, 0.4) is 0 Å². The Kier molecular flexibility index (Phi) is 6.38. The van der Waals surface area contributed by atoms with Crippen molar-refractivity contribution in [2.24, 2.45) is 0 Å². The van der Waals surface area contributed by atoms with E-state index in [-0.39, 0.29) is 17.1 Å². The van der Waals surface area contributed by atoms with E-state index in [0.29, 0.717) is 39.6 Å². The second-order valence-electron chi connectivity index (χ2n) is 8.46. The smallest absolute Gasteiger partial charge is 0.302 e. The van der Waals surface area contributed by atoms with Crippen molar-refractivity contribution in [3.8, 4) is 23.0 Å². The highest BCUT2D eigenvalue weighted by Crippen LogP contribution is 2.44. The van der Waals surface area contributed by atoms with Crippen LogP contribution in [0.5, 0.6) is 23.0 Å². The van der Waals surface area contributed by atoms with Gasteiger partial charge in [0.1, 0.15) is 28.8 Å². The molecule has 0 spiro atoms. The van der Waals surface area contributed by atoms with E-state index < -0.39 is 23.5 Å². The van der Waals surface area contributed by atoms with Crippen LogP contribution in [0, 0.1) is 0 Å². The molecule has 1 aliphatic rings. The van der Waals surface area contributed by atoms with E-state index in [2.05, 4.69) is 9.97 Å². The molecular weight excluding hydrogens is 490 g/mol. The SMILES string of the molecule is COc1cccc(C2/C(=C(\O)c3cc(OC)ccc3OC)C(=O)C(=O)N2c2nc3ccc(OC)cc3[nH]2)c1. The van der Waals surface area contributed by atoms with Gasteiger partial charge in [-0.1, -0.05) is 12.1 Å². The summed E-state index contributed by atoms with van der Waals surface area (Å²) in [5.74, 6) is -0.149. The minimum Gasteiger partial charge on any atom is -0.507 e. The van der Waals surface area contributed by atoms with Crippen LogP contribution in [-0.4, -0.2) is 55.2 Å². The monoisotopic (exact) mass is 515 g/mol. The maximum atomic E-state index is 13.5. The van der Waals surface area contributed by atoms with Crippen molar-refractivity contribution in [3.05, 3.63) is 77.4 Å². The number of carbonyl (C=O) groups excluding carboxylic acids is 2. The van der Waals surface area contributed by atoms with Crippen molar-refractivity contribution in [2.75, 3.05) is 33.3 Å². The van der Waals surface area contributed by atoms with E-state index in [0.717, 1.165) is 0 Å². The molecular formula is C28H25N3O7. The largest absolute Gasteiger partial charge is 0.507 e. The number of imidazole rings is 1. The number of nitrogens with zero attached hydrogens (tertiary/aromatic N) is 2. The number of carbonyl (C=O) groups is 2. The number of H-pyrrole nitrogens is 1. The molecule has 5 rings (SSSR count). The number of rotatable bonds is 7. The van der Waals surface area contributed by atoms with Gasteiger partial charge in [0.2, 0.25) is 5.95 Å².